The quantitative estimate of drug-likeness (QED) is 0.526. The summed E-state index contributed by atoms with van der Waals surface area (Å²) in [6.45, 7) is -0.302. The number of aliphatic hydroxyl groups excluding tert-OH is 1. The Bertz CT molecular complexity index is 872. The molecule has 7 heteroatoms. The molecule has 1 saturated heterocycles. The zero-order valence-corrected chi connectivity index (χ0v) is 12.5. The summed E-state index contributed by atoms with van der Waals surface area (Å²) < 4.78 is 1.69. The van der Waals surface area contributed by atoms with Gasteiger partial charge in [-0.3, -0.25) is 14.5 Å². The predicted molar refractivity (Wildman–Crippen MR) is 81.8 cm³/mol. The standard InChI is InChI=1S/C16H14N4O3/c1-19-12-5-3-2-4-11(12)18-16(19)10(8-17)13(21)9-20-14(22)6-7-15(20)23/h2-5,21H,6-7,9H2,1H3/b13-10-. The third-order valence-electron chi connectivity index (χ3n) is 3.87. The molecule has 7 nitrogen and oxygen atoms in total. The Morgan fingerprint density at radius 1 is 1.30 bits per heavy atom. The molecule has 0 spiro atoms. The molecule has 23 heavy (non-hydrogen) atoms. The Kier molecular flexibility index (Phi) is 3.58. The molecule has 0 saturated carbocycles. The van der Waals surface area contributed by atoms with E-state index in [1.54, 1.807) is 17.7 Å². The van der Waals surface area contributed by atoms with Gasteiger partial charge in [0.1, 0.15) is 17.4 Å². The van der Waals surface area contributed by atoms with Crippen LogP contribution >= 0.6 is 0 Å². The molecule has 0 atom stereocenters. The number of hydrogen-bond acceptors (Lipinski definition) is 5. The van der Waals surface area contributed by atoms with E-state index in [1.165, 1.54) is 0 Å². The highest BCUT2D eigenvalue weighted by molar-refractivity contribution is 6.02. The average molecular weight is 310 g/mol. The van der Waals surface area contributed by atoms with E-state index in [0.29, 0.717) is 11.3 Å². The highest BCUT2D eigenvalue weighted by Gasteiger charge is 2.30. The lowest BCUT2D eigenvalue weighted by Crippen LogP contribution is -2.31. The SMILES string of the molecule is Cn1c(/C(C#N)=C(\O)CN2C(=O)CCC2=O)nc2ccccc21. The van der Waals surface area contributed by atoms with Gasteiger partial charge in [0.05, 0.1) is 17.6 Å². The number of benzene rings is 1. The molecular formula is C16H14N4O3. The van der Waals surface area contributed by atoms with E-state index in [1.807, 2.05) is 24.3 Å². The first kappa shape index (κ1) is 14.8. The van der Waals surface area contributed by atoms with Crippen LogP contribution in [0.1, 0.15) is 18.7 Å². The van der Waals surface area contributed by atoms with Crippen molar-refractivity contribution < 1.29 is 14.7 Å². The molecule has 0 radical (unpaired) electrons. The number of hydrogen-bond donors (Lipinski definition) is 1. The number of nitrogens with zero attached hydrogens (tertiary/aromatic N) is 4. The van der Waals surface area contributed by atoms with Crippen molar-refractivity contribution >= 4 is 28.4 Å². The number of carbonyl (C=O) groups is 2. The van der Waals surface area contributed by atoms with E-state index in [-0.39, 0.29) is 42.5 Å². The Morgan fingerprint density at radius 2 is 1.96 bits per heavy atom. The maximum Gasteiger partial charge on any atom is 0.230 e. The molecule has 0 aliphatic carbocycles. The summed E-state index contributed by atoms with van der Waals surface area (Å²) in [6, 6.07) is 9.26. The molecular weight excluding hydrogens is 296 g/mol. The number of aryl methyl sites for hydroxylation is 1. The lowest BCUT2D eigenvalue weighted by Gasteiger charge is -2.13. The van der Waals surface area contributed by atoms with Gasteiger partial charge in [-0.05, 0) is 12.1 Å². The number of likely N-dealkylation sites (tertiary alicyclic amines) is 1. The number of amides is 2. The van der Waals surface area contributed by atoms with E-state index in [2.05, 4.69) is 4.98 Å². The van der Waals surface area contributed by atoms with Crippen molar-refractivity contribution in [1.29, 1.82) is 5.26 Å². The number of fused-ring (bicyclic) bond motifs is 1. The molecule has 1 fully saturated rings. The molecule has 1 N–H and O–H groups in total. The van der Waals surface area contributed by atoms with Gasteiger partial charge in [-0.2, -0.15) is 5.26 Å². The van der Waals surface area contributed by atoms with Crippen LogP contribution in [0.3, 0.4) is 0 Å². The van der Waals surface area contributed by atoms with Gasteiger partial charge < -0.3 is 9.67 Å². The van der Waals surface area contributed by atoms with Gasteiger partial charge >= 0.3 is 0 Å². The zero-order chi connectivity index (χ0) is 16.6. The lowest BCUT2D eigenvalue weighted by molar-refractivity contribution is -0.138. The monoisotopic (exact) mass is 310 g/mol. The van der Waals surface area contributed by atoms with Gasteiger partial charge in [0.2, 0.25) is 11.8 Å². The highest BCUT2D eigenvalue weighted by atomic mass is 16.3. The first-order valence-corrected chi connectivity index (χ1v) is 7.10. The molecule has 1 aliphatic heterocycles. The zero-order valence-electron chi connectivity index (χ0n) is 12.5. The van der Waals surface area contributed by atoms with Crippen LogP contribution in [-0.2, 0) is 16.6 Å². The molecule has 2 amide bonds. The van der Waals surface area contributed by atoms with Crippen molar-refractivity contribution in [3.8, 4) is 6.07 Å². The van der Waals surface area contributed by atoms with Crippen molar-refractivity contribution in [2.75, 3.05) is 6.54 Å². The van der Waals surface area contributed by atoms with Crippen molar-refractivity contribution in [1.82, 2.24) is 14.5 Å². The molecule has 1 aromatic heterocycles. The molecule has 1 aromatic carbocycles. The molecule has 0 bridgehead atoms. The third-order valence-corrected chi connectivity index (χ3v) is 3.87. The second-order valence-electron chi connectivity index (χ2n) is 5.29. The minimum absolute atomic E-state index is 0.0452. The summed E-state index contributed by atoms with van der Waals surface area (Å²) >= 11 is 0. The van der Waals surface area contributed by atoms with Crippen LogP contribution in [0.15, 0.2) is 30.0 Å². The van der Waals surface area contributed by atoms with Crippen LogP contribution in [0.5, 0.6) is 0 Å². The molecule has 1 aliphatic rings. The van der Waals surface area contributed by atoms with Gasteiger partial charge in [0.15, 0.2) is 5.82 Å². The fraction of sp³-hybridized carbons (Fsp3) is 0.250. The minimum Gasteiger partial charge on any atom is -0.509 e. The van der Waals surface area contributed by atoms with E-state index in [0.717, 1.165) is 10.4 Å². The Morgan fingerprint density at radius 3 is 2.57 bits per heavy atom. The number of rotatable bonds is 3. The van der Waals surface area contributed by atoms with Crippen molar-refractivity contribution in [3.05, 3.63) is 35.8 Å². The lowest BCUT2D eigenvalue weighted by atomic mass is 10.2. The summed E-state index contributed by atoms with van der Waals surface area (Å²) in [6.07, 6.45) is 0.278. The minimum atomic E-state index is -0.344. The van der Waals surface area contributed by atoms with Crippen LogP contribution in [-0.4, -0.2) is 37.9 Å². The fourth-order valence-corrected chi connectivity index (χ4v) is 2.64. The van der Waals surface area contributed by atoms with Gasteiger partial charge in [-0.1, -0.05) is 12.1 Å². The largest absolute Gasteiger partial charge is 0.509 e. The second-order valence-corrected chi connectivity index (χ2v) is 5.29. The Balaban J connectivity index is 2.03. The number of imidazole rings is 1. The molecule has 3 rings (SSSR count). The fourth-order valence-electron chi connectivity index (χ4n) is 2.64. The molecule has 2 heterocycles. The van der Waals surface area contributed by atoms with Gasteiger partial charge in [-0.15, -0.1) is 0 Å². The number of aliphatic hydroxyl groups is 1. The van der Waals surface area contributed by atoms with E-state index < -0.39 is 0 Å². The summed E-state index contributed by atoms with van der Waals surface area (Å²) in [5.41, 5.74) is 1.46. The predicted octanol–water partition coefficient (Wildman–Crippen LogP) is 1.51. The van der Waals surface area contributed by atoms with Crippen LogP contribution in [0.25, 0.3) is 16.6 Å². The van der Waals surface area contributed by atoms with Gasteiger partial charge in [-0.25, -0.2) is 4.98 Å². The van der Waals surface area contributed by atoms with Crippen LogP contribution in [0.2, 0.25) is 0 Å². The van der Waals surface area contributed by atoms with Crippen molar-refractivity contribution in [2.45, 2.75) is 12.8 Å². The Labute approximate surface area is 132 Å². The molecule has 116 valence electrons. The maximum absolute atomic E-state index is 11.6. The topological polar surface area (TPSA) is 99.2 Å². The van der Waals surface area contributed by atoms with Crippen LogP contribution in [0, 0.1) is 11.3 Å². The number of aromatic nitrogens is 2. The van der Waals surface area contributed by atoms with Crippen LogP contribution in [0.4, 0.5) is 0 Å². The van der Waals surface area contributed by atoms with Gasteiger partial charge in [0.25, 0.3) is 0 Å². The number of para-hydroxylation sites is 2. The Hall–Kier alpha value is -3.14. The van der Waals surface area contributed by atoms with E-state index in [9.17, 15) is 20.0 Å². The van der Waals surface area contributed by atoms with E-state index >= 15 is 0 Å². The second kappa shape index (κ2) is 5.57. The number of allylic oxidation sites excluding steroid dienone is 1. The smallest absolute Gasteiger partial charge is 0.230 e. The average Bonchev–Trinajstić information content (AvgIpc) is 3.03. The number of carbonyl (C=O) groups excluding carboxylic acids is 2. The number of imide groups is 1. The summed E-state index contributed by atoms with van der Waals surface area (Å²) in [5.74, 6) is -0.729. The maximum atomic E-state index is 11.6. The van der Waals surface area contributed by atoms with Crippen LogP contribution < -0.4 is 0 Å². The summed E-state index contributed by atoms with van der Waals surface area (Å²) in [4.78, 5) is 28.6. The summed E-state index contributed by atoms with van der Waals surface area (Å²) in [7, 11) is 1.74. The van der Waals surface area contributed by atoms with E-state index in [4.69, 9.17) is 0 Å². The van der Waals surface area contributed by atoms with Crippen molar-refractivity contribution in [2.24, 2.45) is 7.05 Å². The first-order chi connectivity index (χ1) is 11.0. The summed E-state index contributed by atoms with van der Waals surface area (Å²) in [5, 5.41) is 19.7. The normalized spacial score (nSPS) is 15.9. The third kappa shape index (κ3) is 2.44. The van der Waals surface area contributed by atoms with Gasteiger partial charge in [0, 0.05) is 19.9 Å². The molecule has 0 unspecified atom stereocenters. The first-order valence-electron chi connectivity index (χ1n) is 7.10. The number of nitriles is 1. The van der Waals surface area contributed by atoms with Crippen molar-refractivity contribution in [3.63, 3.8) is 0 Å². The molecule has 2 aromatic rings. The highest BCUT2D eigenvalue weighted by Crippen LogP contribution is 2.23.